The molecule has 8 heteroatoms. The van der Waals surface area contributed by atoms with Crippen LogP contribution >= 0.6 is 0 Å². The smallest absolute Gasteiger partial charge is 0.236 e. The predicted octanol–water partition coefficient (Wildman–Crippen LogP) is 2.06. The first-order valence-electron chi connectivity index (χ1n) is 7.93. The van der Waals surface area contributed by atoms with Crippen LogP contribution in [0.3, 0.4) is 0 Å². The lowest BCUT2D eigenvalue weighted by molar-refractivity contribution is 0.0662. The lowest BCUT2D eigenvalue weighted by Crippen LogP contribution is -2.21. The van der Waals surface area contributed by atoms with Crippen molar-refractivity contribution in [1.82, 2.24) is 9.78 Å². The predicted molar refractivity (Wildman–Crippen MR) is 90.7 cm³/mol. The summed E-state index contributed by atoms with van der Waals surface area (Å²) in [5.74, 6) is 0.532. The van der Waals surface area contributed by atoms with Crippen LogP contribution in [0.25, 0.3) is 0 Å². The fourth-order valence-corrected chi connectivity index (χ4v) is 3.43. The minimum atomic E-state index is -3.48. The van der Waals surface area contributed by atoms with E-state index in [2.05, 4.69) is 9.82 Å². The van der Waals surface area contributed by atoms with Gasteiger partial charge in [-0.25, -0.2) is 8.42 Å². The summed E-state index contributed by atoms with van der Waals surface area (Å²) < 4.78 is 39.4. The highest BCUT2D eigenvalue weighted by atomic mass is 32.2. The third-order valence-electron chi connectivity index (χ3n) is 3.80. The highest BCUT2D eigenvalue weighted by Crippen LogP contribution is 2.21. The molecule has 7 nitrogen and oxygen atoms in total. The summed E-state index contributed by atoms with van der Waals surface area (Å²) in [5, 5.41) is 4.25. The Bertz CT molecular complexity index is 740. The minimum absolute atomic E-state index is 0.0907. The average Bonchev–Trinajstić information content (AvgIpc) is 3.04. The molecule has 1 aliphatic heterocycles. The fourth-order valence-electron chi connectivity index (χ4n) is 2.56. The van der Waals surface area contributed by atoms with Crippen molar-refractivity contribution in [2.45, 2.75) is 18.9 Å². The minimum Gasteiger partial charge on any atom is -0.492 e. The SMILES string of the molecule is O=S(=O)(CCOc1ccccc1)Nc1cnn(C2CCOCC2)c1. The molecule has 1 aliphatic rings. The fraction of sp³-hybridized carbons (Fsp3) is 0.438. The topological polar surface area (TPSA) is 82.5 Å². The molecule has 0 unspecified atom stereocenters. The van der Waals surface area contributed by atoms with Crippen LogP contribution < -0.4 is 9.46 Å². The first kappa shape index (κ1) is 16.8. The number of nitrogens with one attached hydrogen (secondary N) is 1. The lowest BCUT2D eigenvalue weighted by atomic mass is 10.1. The monoisotopic (exact) mass is 351 g/mol. The van der Waals surface area contributed by atoms with Gasteiger partial charge in [-0.05, 0) is 25.0 Å². The second-order valence-electron chi connectivity index (χ2n) is 5.64. The zero-order chi connectivity index (χ0) is 16.8. The molecule has 0 saturated carbocycles. The summed E-state index contributed by atoms with van der Waals surface area (Å²) in [6.07, 6.45) is 5.04. The number of benzene rings is 1. The summed E-state index contributed by atoms with van der Waals surface area (Å²) in [5.41, 5.74) is 0.473. The highest BCUT2D eigenvalue weighted by molar-refractivity contribution is 7.92. The summed E-state index contributed by atoms with van der Waals surface area (Å²) in [7, 11) is -3.48. The van der Waals surface area contributed by atoms with E-state index in [4.69, 9.17) is 9.47 Å². The van der Waals surface area contributed by atoms with Gasteiger partial charge in [0, 0.05) is 19.4 Å². The third-order valence-corrected chi connectivity index (χ3v) is 5.05. The van der Waals surface area contributed by atoms with Crippen LogP contribution in [0.1, 0.15) is 18.9 Å². The number of ether oxygens (including phenoxy) is 2. The van der Waals surface area contributed by atoms with Crippen LogP contribution in [0.4, 0.5) is 5.69 Å². The summed E-state index contributed by atoms with van der Waals surface area (Å²) >= 11 is 0. The number of hydrogen-bond acceptors (Lipinski definition) is 5. The summed E-state index contributed by atoms with van der Waals surface area (Å²) in [4.78, 5) is 0. The molecule has 1 N–H and O–H groups in total. The zero-order valence-corrected chi connectivity index (χ0v) is 14.1. The maximum absolute atomic E-state index is 12.1. The van der Waals surface area contributed by atoms with E-state index in [0.717, 1.165) is 12.8 Å². The third kappa shape index (κ3) is 4.72. The van der Waals surface area contributed by atoms with Gasteiger partial charge in [-0.15, -0.1) is 0 Å². The second-order valence-corrected chi connectivity index (χ2v) is 7.48. The molecule has 0 bridgehead atoms. The van der Waals surface area contributed by atoms with Crippen molar-refractivity contribution in [3.8, 4) is 5.75 Å². The Morgan fingerprint density at radius 2 is 2.00 bits per heavy atom. The van der Waals surface area contributed by atoms with Crippen LogP contribution in [0.2, 0.25) is 0 Å². The van der Waals surface area contributed by atoms with Gasteiger partial charge in [0.2, 0.25) is 10.0 Å². The van der Waals surface area contributed by atoms with Crippen molar-refractivity contribution < 1.29 is 17.9 Å². The van der Waals surface area contributed by atoms with E-state index in [1.54, 1.807) is 23.0 Å². The Kier molecular flexibility index (Phi) is 5.37. The molecule has 24 heavy (non-hydrogen) atoms. The molecule has 2 aromatic rings. The zero-order valence-electron chi connectivity index (χ0n) is 13.3. The highest BCUT2D eigenvalue weighted by Gasteiger charge is 2.18. The molecule has 0 amide bonds. The van der Waals surface area contributed by atoms with E-state index in [-0.39, 0.29) is 18.4 Å². The summed E-state index contributed by atoms with van der Waals surface area (Å²) in [6.45, 7) is 1.51. The van der Waals surface area contributed by atoms with Crippen molar-refractivity contribution in [1.29, 1.82) is 0 Å². The van der Waals surface area contributed by atoms with E-state index in [1.807, 2.05) is 18.2 Å². The maximum atomic E-state index is 12.1. The molecule has 1 saturated heterocycles. The molecular weight excluding hydrogens is 330 g/mol. The van der Waals surface area contributed by atoms with Gasteiger partial charge in [-0.1, -0.05) is 18.2 Å². The van der Waals surface area contributed by atoms with E-state index in [0.29, 0.717) is 24.7 Å². The molecule has 1 aromatic carbocycles. The number of nitrogens with zero attached hydrogens (tertiary/aromatic N) is 2. The Morgan fingerprint density at radius 1 is 1.25 bits per heavy atom. The van der Waals surface area contributed by atoms with Gasteiger partial charge < -0.3 is 9.47 Å². The molecular formula is C16H21N3O4S. The Morgan fingerprint density at radius 3 is 2.75 bits per heavy atom. The number of sulfonamides is 1. The van der Waals surface area contributed by atoms with Crippen molar-refractivity contribution in [3.63, 3.8) is 0 Å². The summed E-state index contributed by atoms with van der Waals surface area (Å²) in [6, 6.07) is 9.40. The van der Waals surface area contributed by atoms with Crippen LogP contribution in [0, 0.1) is 0 Å². The molecule has 130 valence electrons. The van der Waals surface area contributed by atoms with Gasteiger partial charge >= 0.3 is 0 Å². The largest absolute Gasteiger partial charge is 0.492 e. The Hall–Kier alpha value is -2.06. The van der Waals surface area contributed by atoms with Crippen molar-refractivity contribution in [3.05, 3.63) is 42.7 Å². The quantitative estimate of drug-likeness (QED) is 0.825. The van der Waals surface area contributed by atoms with Crippen LogP contribution in [0.15, 0.2) is 42.7 Å². The van der Waals surface area contributed by atoms with Gasteiger partial charge in [-0.2, -0.15) is 5.10 Å². The molecule has 0 radical (unpaired) electrons. The molecule has 0 aliphatic carbocycles. The van der Waals surface area contributed by atoms with Gasteiger partial charge in [0.25, 0.3) is 0 Å². The first-order valence-corrected chi connectivity index (χ1v) is 9.58. The molecule has 1 fully saturated rings. The van der Waals surface area contributed by atoms with Crippen molar-refractivity contribution in [2.75, 3.05) is 30.3 Å². The number of hydrogen-bond donors (Lipinski definition) is 1. The molecule has 2 heterocycles. The lowest BCUT2D eigenvalue weighted by Gasteiger charge is -2.22. The van der Waals surface area contributed by atoms with Crippen LogP contribution in [-0.2, 0) is 14.8 Å². The van der Waals surface area contributed by atoms with Crippen LogP contribution in [0.5, 0.6) is 5.75 Å². The van der Waals surface area contributed by atoms with E-state index in [1.165, 1.54) is 6.20 Å². The number of anilines is 1. The van der Waals surface area contributed by atoms with Gasteiger partial charge in [0.1, 0.15) is 18.1 Å². The second kappa shape index (κ2) is 7.67. The van der Waals surface area contributed by atoms with E-state index in [9.17, 15) is 8.42 Å². The van der Waals surface area contributed by atoms with Gasteiger partial charge in [0.15, 0.2) is 0 Å². The van der Waals surface area contributed by atoms with E-state index < -0.39 is 10.0 Å². The number of aromatic nitrogens is 2. The van der Waals surface area contributed by atoms with Gasteiger partial charge in [-0.3, -0.25) is 9.40 Å². The maximum Gasteiger partial charge on any atom is 0.236 e. The molecule has 0 spiro atoms. The Balaban J connectivity index is 1.51. The number of para-hydroxylation sites is 1. The Labute approximate surface area is 141 Å². The standard InChI is InChI=1S/C16H21N3O4S/c20-24(21,11-10-23-16-4-2-1-3-5-16)18-14-12-17-19(13-14)15-6-8-22-9-7-15/h1-5,12-13,15,18H,6-11H2. The molecule has 0 atom stereocenters. The number of rotatable bonds is 7. The van der Waals surface area contributed by atoms with E-state index >= 15 is 0 Å². The van der Waals surface area contributed by atoms with Crippen molar-refractivity contribution >= 4 is 15.7 Å². The average molecular weight is 351 g/mol. The molecule has 1 aromatic heterocycles. The van der Waals surface area contributed by atoms with Crippen molar-refractivity contribution in [2.24, 2.45) is 0 Å². The van der Waals surface area contributed by atoms with Gasteiger partial charge in [0.05, 0.1) is 17.9 Å². The van der Waals surface area contributed by atoms with Crippen LogP contribution in [-0.4, -0.2) is 43.8 Å². The first-order chi connectivity index (χ1) is 11.6. The molecule has 3 rings (SSSR count). The normalized spacial score (nSPS) is 16.0.